The maximum atomic E-state index is 15.5. The van der Waals surface area contributed by atoms with Crippen molar-refractivity contribution < 1.29 is 56.7 Å². The van der Waals surface area contributed by atoms with Crippen LogP contribution in [0.25, 0.3) is 11.0 Å². The van der Waals surface area contributed by atoms with Gasteiger partial charge in [0.2, 0.25) is 0 Å². The minimum Gasteiger partial charge on any atom is -0.462 e. The Bertz CT molecular complexity index is 2270. The maximum absolute atomic E-state index is 15.5. The Kier molecular flexibility index (Phi) is 12.4. The van der Waals surface area contributed by atoms with Gasteiger partial charge in [0.05, 0.1) is 30.7 Å². The fourth-order valence-corrected chi connectivity index (χ4v) is 8.27. The highest BCUT2D eigenvalue weighted by atomic mass is 31.2. The molecule has 314 valence electrons. The molecule has 0 saturated carbocycles. The lowest BCUT2D eigenvalue weighted by Gasteiger charge is -2.27. The molecular formula is C36H46F2N9O10P. The largest absolute Gasteiger partial charge is 0.462 e. The van der Waals surface area contributed by atoms with E-state index in [0.29, 0.717) is 22.4 Å². The van der Waals surface area contributed by atoms with Gasteiger partial charge in [-0.2, -0.15) is 15.3 Å². The molecule has 1 aromatic carbocycles. The molecule has 0 spiro atoms. The van der Waals surface area contributed by atoms with Gasteiger partial charge in [0.1, 0.15) is 71.1 Å². The molecule has 22 heteroatoms. The van der Waals surface area contributed by atoms with E-state index in [9.17, 15) is 24.0 Å². The topological polar surface area (TPSA) is 265 Å². The third kappa shape index (κ3) is 8.21. The molecule has 0 bridgehead atoms. The van der Waals surface area contributed by atoms with E-state index in [0.717, 1.165) is 0 Å². The number of hydrogen-bond donors (Lipinski definition) is 6. The van der Waals surface area contributed by atoms with Crippen molar-refractivity contribution in [3.63, 3.8) is 0 Å². The average Bonchev–Trinajstić information content (AvgIpc) is 3.94. The van der Waals surface area contributed by atoms with E-state index in [1.165, 1.54) is 42.5 Å². The quantitative estimate of drug-likeness (QED) is 0.0778. The molecule has 58 heavy (non-hydrogen) atoms. The molecular weight excluding hydrogens is 787 g/mol. The van der Waals surface area contributed by atoms with Gasteiger partial charge in [-0.25, -0.2) is 32.3 Å². The van der Waals surface area contributed by atoms with Crippen molar-refractivity contribution in [1.29, 1.82) is 0 Å². The second kappa shape index (κ2) is 16.8. The monoisotopic (exact) mass is 833 g/mol. The number of carbonyl (C=O) groups excluding carboxylic acids is 1. The average molecular weight is 834 g/mol. The first kappa shape index (κ1) is 42.7. The third-order valence-electron chi connectivity index (χ3n) is 9.80. The number of alkyl halides is 2. The predicted molar refractivity (Wildman–Crippen MR) is 203 cm³/mol. The molecule has 4 aromatic heterocycles. The van der Waals surface area contributed by atoms with Crippen molar-refractivity contribution in [1.82, 2.24) is 34.3 Å². The molecule has 6 heterocycles. The van der Waals surface area contributed by atoms with Crippen LogP contribution in [-0.2, 0) is 39.3 Å². The number of nitrogens with zero attached hydrogens (tertiary/aromatic N) is 6. The van der Waals surface area contributed by atoms with Gasteiger partial charge in [0.15, 0.2) is 24.0 Å². The van der Waals surface area contributed by atoms with Crippen LogP contribution in [0.15, 0.2) is 67.3 Å². The smallest absolute Gasteiger partial charge is 0.459 e. The number of aromatic nitrogens is 6. The molecule has 0 amide bonds. The number of nitrogen functional groups attached to an aromatic ring is 2. The Morgan fingerprint density at radius 3 is 1.86 bits per heavy atom. The number of ether oxygens (including phenoxy) is 3. The number of nitrogens with one attached hydrogen (secondary N) is 1. The van der Waals surface area contributed by atoms with Crippen LogP contribution in [-0.4, -0.2) is 113 Å². The van der Waals surface area contributed by atoms with E-state index in [4.69, 9.17) is 39.8 Å². The minimum absolute atomic E-state index is 0.193. The number of aliphatic hydroxyl groups excluding tert-OH is 3. The van der Waals surface area contributed by atoms with Gasteiger partial charge in [0, 0.05) is 0 Å². The summed E-state index contributed by atoms with van der Waals surface area (Å²) in [6.07, 6.45) is -6.74. The van der Waals surface area contributed by atoms with Gasteiger partial charge in [0.25, 0.3) is 0 Å². The number of hydrogen-bond acceptors (Lipinski definition) is 16. The lowest BCUT2D eigenvalue weighted by molar-refractivity contribution is -0.149. The third-order valence-corrected chi connectivity index (χ3v) is 11.4. The Balaban J connectivity index is 0.000000237. The number of fused-ring (bicyclic) bond motifs is 2. The molecule has 2 aliphatic heterocycles. The van der Waals surface area contributed by atoms with Gasteiger partial charge in [-0.3, -0.25) is 9.32 Å². The highest BCUT2D eigenvalue weighted by molar-refractivity contribution is 7.52. The molecule has 2 aliphatic rings. The van der Waals surface area contributed by atoms with Crippen LogP contribution in [0.5, 0.6) is 5.75 Å². The van der Waals surface area contributed by atoms with Gasteiger partial charge in [-0.1, -0.05) is 18.2 Å². The summed E-state index contributed by atoms with van der Waals surface area (Å²) in [4.78, 5) is 20.1. The van der Waals surface area contributed by atoms with Crippen LogP contribution in [0.2, 0.25) is 0 Å². The van der Waals surface area contributed by atoms with Crippen LogP contribution in [0.1, 0.15) is 46.0 Å². The van der Waals surface area contributed by atoms with Crippen molar-refractivity contribution in [3.05, 3.63) is 78.6 Å². The number of halogens is 2. The van der Waals surface area contributed by atoms with Crippen LogP contribution < -0.4 is 21.1 Å². The number of esters is 1. The molecule has 2 fully saturated rings. The van der Waals surface area contributed by atoms with Crippen molar-refractivity contribution in [2.24, 2.45) is 0 Å². The lowest BCUT2D eigenvalue weighted by atomic mass is 9.94. The summed E-state index contributed by atoms with van der Waals surface area (Å²) in [5, 5.41) is 40.3. The molecule has 7 rings (SSSR count). The standard InChI is InChI=1S/C24H31FN5O7P.C12H15FN4O3/c1-14(2)35-23(32)15(3)29-38(33,37-16-8-6-5-7-9-16)34-12-18-20(31)21(25)24(4,36-18)19-11-10-17-22(26)27-13-28-30(17)19;1-12(10(13)9(19)7(4-18)20-12)8-3-2-6-11(14)15-5-16-17(6)8/h5-11,13-15,18,20-21,31H,12H2,1-4H3,(H,29,33)(H2,26,27,28);2-3,5,7,9-10,18-19H,4H2,1H3,(H2,14,15,16)/t15-,18+,20+,21+,24-,38?;7-,9-,10-,12+/m01/s1. The Labute approximate surface area is 330 Å². The molecule has 0 radical (unpaired) electrons. The summed E-state index contributed by atoms with van der Waals surface area (Å²) in [6.45, 7) is 6.78. The van der Waals surface area contributed by atoms with E-state index in [-0.39, 0.29) is 17.4 Å². The molecule has 1 unspecified atom stereocenters. The zero-order chi connectivity index (χ0) is 42.2. The molecule has 19 nitrogen and oxygen atoms in total. The van der Waals surface area contributed by atoms with Crippen molar-refractivity contribution in [2.75, 3.05) is 24.7 Å². The zero-order valence-electron chi connectivity index (χ0n) is 32.1. The van der Waals surface area contributed by atoms with E-state index < -0.39 is 87.0 Å². The van der Waals surface area contributed by atoms with Crippen molar-refractivity contribution in [2.45, 2.75) is 94.7 Å². The fraction of sp³-hybridized carbons (Fsp3) is 0.472. The molecule has 2 saturated heterocycles. The summed E-state index contributed by atoms with van der Waals surface area (Å²) in [5.74, 6) is -0.0115. The second-order valence-electron chi connectivity index (χ2n) is 14.3. The van der Waals surface area contributed by atoms with Crippen molar-refractivity contribution >= 4 is 36.4 Å². The van der Waals surface area contributed by atoms with Crippen LogP contribution in [0.4, 0.5) is 20.4 Å². The number of nitrogens with two attached hydrogens (primary N) is 2. The van der Waals surface area contributed by atoms with Gasteiger partial charge >= 0.3 is 13.7 Å². The summed E-state index contributed by atoms with van der Waals surface area (Å²) in [5.41, 5.74) is 10.2. The van der Waals surface area contributed by atoms with Crippen LogP contribution in [0.3, 0.4) is 0 Å². The maximum Gasteiger partial charge on any atom is 0.459 e. The number of rotatable bonds is 12. The summed E-state index contributed by atoms with van der Waals surface area (Å²) < 4.78 is 74.3. The summed E-state index contributed by atoms with van der Waals surface area (Å²) >= 11 is 0. The predicted octanol–water partition coefficient (Wildman–Crippen LogP) is 2.37. The summed E-state index contributed by atoms with van der Waals surface area (Å²) in [7, 11) is -4.25. The van der Waals surface area contributed by atoms with E-state index >= 15 is 4.39 Å². The highest BCUT2D eigenvalue weighted by Gasteiger charge is 2.56. The SMILES string of the molecule is CC(C)OC(=O)[C@H](C)NP(=O)(OC[C@H]1O[C@@](C)(c2ccc3c(N)ncnn23)[C@H](F)[C@@H]1O)Oc1ccccc1.C[C@@]1(c2ccc3c(N)ncnn23)O[C@H](CO)[C@@H](O)[C@H]1F. The summed E-state index contributed by atoms with van der Waals surface area (Å²) in [6, 6.07) is 13.6. The van der Waals surface area contributed by atoms with Gasteiger partial charge < -0.3 is 45.5 Å². The number of carbonyl (C=O) groups is 1. The second-order valence-corrected chi connectivity index (χ2v) is 16.0. The molecule has 10 atom stereocenters. The molecule has 8 N–H and O–H groups in total. The first-order valence-electron chi connectivity index (χ1n) is 18.2. The van der Waals surface area contributed by atoms with Gasteiger partial charge in [-0.15, -0.1) is 0 Å². The minimum atomic E-state index is -4.25. The van der Waals surface area contributed by atoms with Crippen LogP contribution in [0, 0.1) is 0 Å². The molecule has 0 aliphatic carbocycles. The number of benzene rings is 1. The van der Waals surface area contributed by atoms with Gasteiger partial charge in [-0.05, 0) is 71.0 Å². The number of aliphatic hydroxyl groups is 3. The van der Waals surface area contributed by atoms with E-state index in [2.05, 4.69) is 25.3 Å². The lowest BCUT2D eigenvalue weighted by Crippen LogP contribution is -2.38. The fourth-order valence-electron chi connectivity index (χ4n) is 6.77. The van der Waals surface area contributed by atoms with E-state index in [1.54, 1.807) is 68.4 Å². The normalized spacial score (nSPS) is 28.6. The zero-order valence-corrected chi connectivity index (χ0v) is 33.0. The first-order valence-corrected chi connectivity index (χ1v) is 19.7. The number of anilines is 2. The van der Waals surface area contributed by atoms with E-state index in [1.807, 2.05) is 0 Å². The Morgan fingerprint density at radius 2 is 1.38 bits per heavy atom. The highest BCUT2D eigenvalue weighted by Crippen LogP contribution is 2.48. The molecule has 5 aromatic rings. The Morgan fingerprint density at radius 1 is 0.879 bits per heavy atom. The first-order chi connectivity index (χ1) is 27.4. The van der Waals surface area contributed by atoms with Crippen LogP contribution >= 0.6 is 7.75 Å². The van der Waals surface area contributed by atoms with Crippen molar-refractivity contribution in [3.8, 4) is 5.75 Å². The number of para-hydroxylation sites is 1. The Hall–Kier alpha value is -4.86.